The molecule has 0 aliphatic carbocycles. The minimum absolute atomic E-state index is 0.305. The van der Waals surface area contributed by atoms with Crippen molar-refractivity contribution in [3.8, 4) is 5.75 Å². The molecular weight excluding hydrogens is 250 g/mol. The van der Waals surface area contributed by atoms with Crippen molar-refractivity contribution in [3.05, 3.63) is 46.9 Å². The van der Waals surface area contributed by atoms with Crippen LogP contribution in [-0.2, 0) is 6.54 Å². The van der Waals surface area contributed by atoms with Crippen molar-refractivity contribution in [3.63, 3.8) is 0 Å². The monoisotopic (exact) mass is 263 g/mol. The molecule has 0 aliphatic heterocycles. The second-order valence-electron chi connectivity index (χ2n) is 3.89. The van der Waals surface area contributed by atoms with E-state index in [4.69, 9.17) is 16.3 Å². The second-order valence-corrected chi connectivity index (χ2v) is 4.25. The maximum absolute atomic E-state index is 5.92. The quantitative estimate of drug-likeness (QED) is 0.862. The maximum atomic E-state index is 5.92. The van der Waals surface area contributed by atoms with Gasteiger partial charge in [0.1, 0.15) is 6.33 Å². The zero-order valence-electron chi connectivity index (χ0n) is 10.3. The summed E-state index contributed by atoms with van der Waals surface area (Å²) >= 11 is 5.92. The van der Waals surface area contributed by atoms with Gasteiger partial charge >= 0.3 is 0 Å². The molecule has 0 amide bonds. The number of aromatic nitrogens is 2. The van der Waals surface area contributed by atoms with Gasteiger partial charge in [0.15, 0.2) is 16.7 Å². The largest absolute Gasteiger partial charge is 0.490 e. The average Bonchev–Trinajstić information content (AvgIpc) is 2.36. The van der Waals surface area contributed by atoms with E-state index in [-0.39, 0.29) is 0 Å². The normalized spacial score (nSPS) is 10.2. The Bertz CT molecular complexity index is 546. The molecule has 5 heteroatoms. The molecule has 0 spiro atoms. The van der Waals surface area contributed by atoms with E-state index in [1.54, 1.807) is 7.11 Å². The van der Waals surface area contributed by atoms with E-state index in [0.29, 0.717) is 23.3 Å². The molecule has 2 aromatic rings. The fourth-order valence-corrected chi connectivity index (χ4v) is 1.88. The standard InChI is InChI=1S/C13H14ClN3O/c1-9-4-3-5-10(6-9)7-15-13-11(18-2)12(14)16-8-17-13/h3-6,8H,7H2,1-2H3,(H,15,16,17). The van der Waals surface area contributed by atoms with Crippen LogP contribution in [0.4, 0.5) is 5.82 Å². The van der Waals surface area contributed by atoms with Gasteiger partial charge in [-0.2, -0.15) is 0 Å². The number of hydrogen-bond acceptors (Lipinski definition) is 4. The van der Waals surface area contributed by atoms with Crippen LogP contribution in [0.25, 0.3) is 0 Å². The van der Waals surface area contributed by atoms with Crippen molar-refractivity contribution in [2.24, 2.45) is 0 Å². The molecule has 0 atom stereocenters. The summed E-state index contributed by atoms with van der Waals surface area (Å²) in [7, 11) is 1.54. The predicted molar refractivity (Wildman–Crippen MR) is 72.1 cm³/mol. The Morgan fingerprint density at radius 2 is 2.17 bits per heavy atom. The third-order valence-electron chi connectivity index (χ3n) is 2.51. The first-order chi connectivity index (χ1) is 8.70. The van der Waals surface area contributed by atoms with Crippen LogP contribution in [0.15, 0.2) is 30.6 Å². The van der Waals surface area contributed by atoms with Crippen molar-refractivity contribution < 1.29 is 4.74 Å². The summed E-state index contributed by atoms with van der Waals surface area (Å²) in [4.78, 5) is 7.99. The van der Waals surface area contributed by atoms with E-state index in [2.05, 4.69) is 40.4 Å². The molecule has 0 saturated carbocycles. The van der Waals surface area contributed by atoms with Gasteiger partial charge in [0.05, 0.1) is 7.11 Å². The van der Waals surface area contributed by atoms with Crippen LogP contribution in [0, 0.1) is 6.92 Å². The first-order valence-electron chi connectivity index (χ1n) is 5.54. The number of nitrogens with one attached hydrogen (secondary N) is 1. The highest BCUT2D eigenvalue weighted by molar-refractivity contribution is 6.31. The van der Waals surface area contributed by atoms with E-state index in [1.165, 1.54) is 17.5 Å². The Kier molecular flexibility index (Phi) is 3.99. The Labute approximate surface area is 111 Å². The van der Waals surface area contributed by atoms with Crippen molar-refractivity contribution in [2.75, 3.05) is 12.4 Å². The lowest BCUT2D eigenvalue weighted by Gasteiger charge is -2.10. The molecule has 1 heterocycles. The Morgan fingerprint density at radius 1 is 1.33 bits per heavy atom. The average molecular weight is 264 g/mol. The maximum Gasteiger partial charge on any atom is 0.198 e. The zero-order chi connectivity index (χ0) is 13.0. The molecule has 1 aromatic heterocycles. The van der Waals surface area contributed by atoms with E-state index in [9.17, 15) is 0 Å². The summed E-state index contributed by atoms with van der Waals surface area (Å²) in [6.07, 6.45) is 1.41. The summed E-state index contributed by atoms with van der Waals surface area (Å²) in [6, 6.07) is 8.25. The summed E-state index contributed by atoms with van der Waals surface area (Å²) in [6.45, 7) is 2.72. The highest BCUT2D eigenvalue weighted by Crippen LogP contribution is 2.28. The van der Waals surface area contributed by atoms with E-state index >= 15 is 0 Å². The van der Waals surface area contributed by atoms with Gasteiger partial charge in [-0.15, -0.1) is 0 Å². The third kappa shape index (κ3) is 2.90. The molecule has 1 aromatic carbocycles. The van der Waals surface area contributed by atoms with Crippen LogP contribution in [0.3, 0.4) is 0 Å². The molecular formula is C13H14ClN3O. The molecule has 0 saturated heterocycles. The number of nitrogens with zero attached hydrogens (tertiary/aromatic N) is 2. The number of benzene rings is 1. The molecule has 1 N–H and O–H groups in total. The van der Waals surface area contributed by atoms with Gasteiger partial charge in [-0.25, -0.2) is 9.97 Å². The van der Waals surface area contributed by atoms with Gasteiger partial charge in [0.25, 0.3) is 0 Å². The third-order valence-corrected chi connectivity index (χ3v) is 2.78. The zero-order valence-corrected chi connectivity index (χ0v) is 11.0. The lowest BCUT2D eigenvalue weighted by atomic mass is 10.1. The van der Waals surface area contributed by atoms with Gasteiger partial charge in [0, 0.05) is 6.54 Å². The van der Waals surface area contributed by atoms with Crippen LogP contribution in [0.5, 0.6) is 5.75 Å². The molecule has 4 nitrogen and oxygen atoms in total. The molecule has 0 bridgehead atoms. The molecule has 18 heavy (non-hydrogen) atoms. The number of anilines is 1. The Hall–Kier alpha value is -1.81. The van der Waals surface area contributed by atoms with E-state index < -0.39 is 0 Å². The van der Waals surface area contributed by atoms with Gasteiger partial charge in [-0.05, 0) is 12.5 Å². The van der Waals surface area contributed by atoms with Crippen molar-refractivity contribution in [2.45, 2.75) is 13.5 Å². The SMILES string of the molecule is COc1c(Cl)ncnc1NCc1cccc(C)c1. The summed E-state index contributed by atoms with van der Waals surface area (Å²) in [5.74, 6) is 1.06. The predicted octanol–water partition coefficient (Wildman–Crippen LogP) is 3.06. The molecule has 94 valence electrons. The number of ether oxygens (including phenoxy) is 1. The molecule has 0 radical (unpaired) electrons. The smallest absolute Gasteiger partial charge is 0.198 e. The fourth-order valence-electron chi connectivity index (χ4n) is 1.67. The molecule has 2 rings (SSSR count). The second kappa shape index (κ2) is 5.69. The number of aryl methyl sites for hydroxylation is 1. The minimum atomic E-state index is 0.305. The van der Waals surface area contributed by atoms with Crippen molar-refractivity contribution in [1.82, 2.24) is 9.97 Å². The minimum Gasteiger partial charge on any atom is -0.490 e. The summed E-state index contributed by atoms with van der Waals surface area (Å²) in [5, 5.41) is 3.49. The van der Waals surface area contributed by atoms with Crippen LogP contribution in [0.1, 0.15) is 11.1 Å². The number of halogens is 1. The van der Waals surface area contributed by atoms with Crippen LogP contribution < -0.4 is 10.1 Å². The highest BCUT2D eigenvalue weighted by atomic mass is 35.5. The molecule has 0 unspecified atom stereocenters. The summed E-state index contributed by atoms with van der Waals surface area (Å²) in [5.41, 5.74) is 2.40. The number of hydrogen-bond donors (Lipinski definition) is 1. The van der Waals surface area contributed by atoms with Gasteiger partial charge in [-0.3, -0.25) is 0 Å². The van der Waals surface area contributed by atoms with E-state index in [1.807, 2.05) is 6.07 Å². The lowest BCUT2D eigenvalue weighted by molar-refractivity contribution is 0.413. The summed E-state index contributed by atoms with van der Waals surface area (Å²) < 4.78 is 5.17. The van der Waals surface area contributed by atoms with Crippen LogP contribution >= 0.6 is 11.6 Å². The van der Waals surface area contributed by atoms with Crippen molar-refractivity contribution in [1.29, 1.82) is 0 Å². The topological polar surface area (TPSA) is 47.0 Å². The van der Waals surface area contributed by atoms with Crippen molar-refractivity contribution >= 4 is 17.4 Å². The van der Waals surface area contributed by atoms with Gasteiger partial charge in [0.2, 0.25) is 0 Å². The fraction of sp³-hybridized carbons (Fsp3) is 0.231. The van der Waals surface area contributed by atoms with Crippen LogP contribution in [0.2, 0.25) is 5.15 Å². The first-order valence-corrected chi connectivity index (χ1v) is 5.92. The van der Waals surface area contributed by atoms with E-state index in [0.717, 1.165) is 0 Å². The number of methoxy groups -OCH3 is 1. The first kappa shape index (κ1) is 12.6. The molecule has 0 fully saturated rings. The van der Waals surface area contributed by atoms with Gasteiger partial charge < -0.3 is 10.1 Å². The van der Waals surface area contributed by atoms with Crippen LogP contribution in [-0.4, -0.2) is 17.1 Å². The highest BCUT2D eigenvalue weighted by Gasteiger charge is 2.09. The van der Waals surface area contributed by atoms with Gasteiger partial charge in [-0.1, -0.05) is 41.4 Å². The number of rotatable bonds is 4. The Morgan fingerprint density at radius 3 is 2.89 bits per heavy atom. The Balaban J connectivity index is 2.13. The molecule has 0 aliphatic rings. The lowest BCUT2D eigenvalue weighted by Crippen LogP contribution is -2.04.